The molecule has 0 radical (unpaired) electrons. The average Bonchev–Trinajstić information content (AvgIpc) is 2.56. The van der Waals surface area contributed by atoms with E-state index in [1.165, 1.54) is 12.3 Å². The molecule has 0 amide bonds. The number of hydrogen-bond donors (Lipinski definition) is 0. The molecule has 0 aliphatic rings. The molecule has 0 aromatic carbocycles. The van der Waals surface area contributed by atoms with Crippen LogP contribution in [0.1, 0.15) is 5.56 Å². The second-order valence-electron chi connectivity index (χ2n) is 2.85. The van der Waals surface area contributed by atoms with Crippen LogP contribution < -0.4 is 0 Å². The van der Waals surface area contributed by atoms with E-state index in [-0.39, 0.29) is 0 Å². The van der Waals surface area contributed by atoms with Gasteiger partial charge in [-0.1, -0.05) is 6.07 Å². The van der Waals surface area contributed by atoms with Crippen LogP contribution in [0, 0.1) is 5.95 Å². The summed E-state index contributed by atoms with van der Waals surface area (Å²) in [6.45, 7) is 0.596. The fraction of sp³-hybridized carbons (Fsp3) is 0.111. The first-order valence-electron chi connectivity index (χ1n) is 4.02. The van der Waals surface area contributed by atoms with Crippen molar-refractivity contribution in [1.82, 2.24) is 14.8 Å². The van der Waals surface area contributed by atoms with Gasteiger partial charge in [0, 0.05) is 12.4 Å². The lowest BCUT2D eigenvalue weighted by Gasteiger charge is -2.00. The first kappa shape index (κ1) is 9.33. The second-order valence-corrected chi connectivity index (χ2v) is 3.76. The first-order chi connectivity index (χ1) is 6.74. The van der Waals surface area contributed by atoms with E-state index in [1.807, 2.05) is 6.20 Å². The zero-order chi connectivity index (χ0) is 9.97. The van der Waals surface area contributed by atoms with Crippen molar-refractivity contribution < 1.29 is 4.39 Å². The van der Waals surface area contributed by atoms with Crippen molar-refractivity contribution in [3.8, 4) is 0 Å². The summed E-state index contributed by atoms with van der Waals surface area (Å²) < 4.78 is 15.2. The van der Waals surface area contributed by atoms with E-state index in [1.54, 1.807) is 16.9 Å². The highest BCUT2D eigenvalue weighted by Gasteiger charge is 1.98. The molecule has 0 saturated carbocycles. The highest BCUT2D eigenvalue weighted by atomic mass is 79.9. The van der Waals surface area contributed by atoms with E-state index in [0.717, 1.165) is 10.0 Å². The lowest BCUT2D eigenvalue weighted by Crippen LogP contribution is -2.00. The molecule has 0 fully saturated rings. The van der Waals surface area contributed by atoms with Gasteiger partial charge >= 0.3 is 0 Å². The highest BCUT2D eigenvalue weighted by molar-refractivity contribution is 9.10. The van der Waals surface area contributed by atoms with Gasteiger partial charge in [0.05, 0.1) is 17.2 Å². The van der Waals surface area contributed by atoms with Crippen LogP contribution in [0.3, 0.4) is 0 Å². The molecular formula is C9H7BrFN3. The number of rotatable bonds is 2. The standard InChI is InChI=1S/C9H7BrFN3/c10-8-4-13-14(6-8)5-7-1-2-9(11)12-3-7/h1-4,6H,5H2. The van der Waals surface area contributed by atoms with Crippen molar-refractivity contribution >= 4 is 15.9 Å². The molecule has 5 heteroatoms. The number of pyridine rings is 1. The Balaban J connectivity index is 2.15. The Morgan fingerprint density at radius 3 is 2.79 bits per heavy atom. The molecule has 2 heterocycles. The SMILES string of the molecule is Fc1ccc(Cn2cc(Br)cn2)cn1. The number of halogens is 2. The van der Waals surface area contributed by atoms with Crippen molar-refractivity contribution in [1.29, 1.82) is 0 Å². The van der Waals surface area contributed by atoms with Crippen LogP contribution in [0.2, 0.25) is 0 Å². The van der Waals surface area contributed by atoms with E-state index in [9.17, 15) is 4.39 Å². The van der Waals surface area contributed by atoms with Crippen molar-refractivity contribution in [2.24, 2.45) is 0 Å². The van der Waals surface area contributed by atoms with Gasteiger partial charge in [-0.3, -0.25) is 4.68 Å². The van der Waals surface area contributed by atoms with Gasteiger partial charge < -0.3 is 0 Å². The van der Waals surface area contributed by atoms with E-state index < -0.39 is 5.95 Å². The molecule has 3 nitrogen and oxygen atoms in total. The maximum Gasteiger partial charge on any atom is 0.212 e. The molecule has 0 atom stereocenters. The van der Waals surface area contributed by atoms with Crippen molar-refractivity contribution in [3.63, 3.8) is 0 Å². The number of aromatic nitrogens is 3. The smallest absolute Gasteiger partial charge is 0.212 e. The third kappa shape index (κ3) is 2.17. The Labute approximate surface area is 88.7 Å². The van der Waals surface area contributed by atoms with Crippen LogP contribution in [0.5, 0.6) is 0 Å². The van der Waals surface area contributed by atoms with Crippen LogP contribution >= 0.6 is 15.9 Å². The number of hydrogen-bond acceptors (Lipinski definition) is 2. The topological polar surface area (TPSA) is 30.7 Å². The summed E-state index contributed by atoms with van der Waals surface area (Å²) in [6.07, 6.45) is 5.06. The molecule has 14 heavy (non-hydrogen) atoms. The van der Waals surface area contributed by atoms with Crippen LogP contribution in [-0.2, 0) is 6.54 Å². The Bertz CT molecular complexity index is 424. The van der Waals surface area contributed by atoms with Crippen molar-refractivity contribution in [3.05, 3.63) is 46.7 Å². The molecule has 0 bridgehead atoms. The molecule has 0 N–H and O–H groups in total. The molecule has 0 aliphatic heterocycles. The zero-order valence-corrected chi connectivity index (χ0v) is 8.78. The van der Waals surface area contributed by atoms with Crippen molar-refractivity contribution in [2.75, 3.05) is 0 Å². The van der Waals surface area contributed by atoms with E-state index in [0.29, 0.717) is 6.54 Å². The maximum absolute atomic E-state index is 12.5. The Kier molecular flexibility index (Phi) is 2.58. The Morgan fingerprint density at radius 1 is 1.36 bits per heavy atom. The number of nitrogens with zero attached hydrogens (tertiary/aromatic N) is 3. The fourth-order valence-electron chi connectivity index (χ4n) is 1.11. The van der Waals surface area contributed by atoms with E-state index >= 15 is 0 Å². The molecule has 0 saturated heterocycles. The third-order valence-corrected chi connectivity index (χ3v) is 2.14. The monoisotopic (exact) mass is 255 g/mol. The van der Waals surface area contributed by atoms with Gasteiger partial charge in [-0.25, -0.2) is 4.98 Å². The van der Waals surface area contributed by atoms with Gasteiger partial charge in [0.1, 0.15) is 0 Å². The predicted molar refractivity (Wildman–Crippen MR) is 53.2 cm³/mol. The Morgan fingerprint density at radius 2 is 2.21 bits per heavy atom. The summed E-state index contributed by atoms with van der Waals surface area (Å²) in [4.78, 5) is 3.56. The second kappa shape index (κ2) is 3.88. The average molecular weight is 256 g/mol. The molecule has 0 unspecified atom stereocenters. The lowest BCUT2D eigenvalue weighted by molar-refractivity contribution is 0.579. The predicted octanol–water partition coefficient (Wildman–Crippen LogP) is 2.23. The highest BCUT2D eigenvalue weighted by Crippen LogP contribution is 2.08. The van der Waals surface area contributed by atoms with Gasteiger partial charge in [0.15, 0.2) is 0 Å². The summed E-state index contributed by atoms with van der Waals surface area (Å²) in [5, 5.41) is 4.08. The minimum atomic E-state index is -0.463. The molecule has 0 spiro atoms. The molecule has 2 aromatic rings. The van der Waals surface area contributed by atoms with Gasteiger partial charge in [-0.2, -0.15) is 9.49 Å². The first-order valence-corrected chi connectivity index (χ1v) is 4.82. The lowest BCUT2D eigenvalue weighted by atomic mass is 10.3. The third-order valence-electron chi connectivity index (χ3n) is 1.73. The molecule has 0 aliphatic carbocycles. The summed E-state index contributed by atoms with van der Waals surface area (Å²) in [6, 6.07) is 3.03. The normalized spacial score (nSPS) is 10.4. The largest absolute Gasteiger partial charge is 0.267 e. The van der Waals surface area contributed by atoms with Gasteiger partial charge in [0.2, 0.25) is 5.95 Å². The summed E-state index contributed by atoms with van der Waals surface area (Å²) in [5.74, 6) is -0.463. The van der Waals surface area contributed by atoms with Crippen LogP contribution in [0.4, 0.5) is 4.39 Å². The van der Waals surface area contributed by atoms with Crippen LogP contribution in [0.15, 0.2) is 35.2 Å². The van der Waals surface area contributed by atoms with Gasteiger partial charge in [-0.05, 0) is 27.6 Å². The van der Waals surface area contributed by atoms with E-state index in [4.69, 9.17) is 0 Å². The summed E-state index contributed by atoms with van der Waals surface area (Å²) >= 11 is 3.30. The minimum Gasteiger partial charge on any atom is -0.267 e. The molecule has 72 valence electrons. The van der Waals surface area contributed by atoms with Gasteiger partial charge in [-0.15, -0.1) is 0 Å². The molecule has 2 rings (SSSR count). The van der Waals surface area contributed by atoms with Gasteiger partial charge in [0.25, 0.3) is 0 Å². The van der Waals surface area contributed by atoms with Crippen LogP contribution in [0.25, 0.3) is 0 Å². The minimum absolute atomic E-state index is 0.463. The summed E-state index contributed by atoms with van der Waals surface area (Å²) in [5.41, 5.74) is 0.919. The zero-order valence-electron chi connectivity index (χ0n) is 7.19. The van der Waals surface area contributed by atoms with Crippen molar-refractivity contribution in [2.45, 2.75) is 6.54 Å². The molecule has 2 aromatic heterocycles. The van der Waals surface area contributed by atoms with E-state index in [2.05, 4.69) is 26.0 Å². The Hall–Kier alpha value is -1.23. The maximum atomic E-state index is 12.5. The van der Waals surface area contributed by atoms with Crippen LogP contribution in [-0.4, -0.2) is 14.8 Å². The summed E-state index contributed by atoms with van der Waals surface area (Å²) in [7, 11) is 0. The fourth-order valence-corrected chi connectivity index (χ4v) is 1.44. The quantitative estimate of drug-likeness (QED) is 0.771. The molecular weight excluding hydrogens is 249 g/mol.